The lowest BCUT2D eigenvalue weighted by atomic mass is 9.96. The smallest absolute Gasteiger partial charge is 0.136 e. The monoisotopic (exact) mass is 769 g/mol. The Hall–Kier alpha value is -7.46. The highest BCUT2D eigenvalue weighted by Crippen LogP contribution is 2.46. The number of rotatable bonds is 6. The maximum Gasteiger partial charge on any atom is 0.136 e. The van der Waals surface area contributed by atoms with Gasteiger partial charge in [-0.2, -0.15) is 0 Å². The molecule has 2 nitrogen and oxygen atoms in total. The van der Waals surface area contributed by atoms with Crippen LogP contribution in [0.25, 0.3) is 97.0 Å². The molecule has 3 heteroatoms. The van der Waals surface area contributed by atoms with Gasteiger partial charge in [-0.05, 0) is 122 Å². The zero-order valence-electron chi connectivity index (χ0n) is 32.0. The van der Waals surface area contributed by atoms with E-state index in [2.05, 4.69) is 217 Å². The first-order chi connectivity index (χ1) is 29.2. The molecule has 0 radical (unpaired) electrons. The zero-order chi connectivity index (χ0) is 38.9. The fourth-order valence-corrected chi connectivity index (χ4v) is 10.3. The Morgan fingerprint density at radius 1 is 0.339 bits per heavy atom. The minimum absolute atomic E-state index is 0.915. The highest BCUT2D eigenvalue weighted by atomic mass is 32.1. The van der Waals surface area contributed by atoms with Gasteiger partial charge in [0, 0.05) is 48.0 Å². The van der Waals surface area contributed by atoms with Gasteiger partial charge in [-0.15, -0.1) is 11.3 Å². The number of furan rings is 1. The highest BCUT2D eigenvalue weighted by Gasteiger charge is 2.19. The average Bonchev–Trinajstić information content (AvgIpc) is 3.88. The van der Waals surface area contributed by atoms with Crippen LogP contribution in [-0.2, 0) is 0 Å². The van der Waals surface area contributed by atoms with E-state index in [1.165, 1.54) is 85.9 Å². The number of hydrogen-bond donors (Lipinski definition) is 0. The van der Waals surface area contributed by atoms with E-state index < -0.39 is 0 Å². The summed E-state index contributed by atoms with van der Waals surface area (Å²) in [6.07, 6.45) is 0. The van der Waals surface area contributed by atoms with E-state index in [-0.39, 0.29) is 0 Å². The third-order valence-corrected chi connectivity index (χ3v) is 13.1. The Morgan fingerprint density at radius 2 is 0.949 bits per heavy atom. The molecular weight excluding hydrogens is 735 g/mol. The lowest BCUT2D eigenvalue weighted by Crippen LogP contribution is -2.09. The Labute approximate surface area is 345 Å². The molecule has 0 atom stereocenters. The van der Waals surface area contributed by atoms with Gasteiger partial charge in [0.2, 0.25) is 0 Å². The Bertz CT molecular complexity index is 3540. The van der Waals surface area contributed by atoms with Crippen LogP contribution in [0.2, 0.25) is 0 Å². The fraction of sp³-hybridized carbons (Fsp3) is 0. The summed E-state index contributed by atoms with van der Waals surface area (Å²) in [4.78, 5) is 2.36. The van der Waals surface area contributed by atoms with Crippen molar-refractivity contribution >= 4 is 92.1 Å². The minimum atomic E-state index is 0.915. The van der Waals surface area contributed by atoms with Crippen LogP contribution in [-0.4, -0.2) is 0 Å². The second-order valence-corrected chi connectivity index (χ2v) is 16.3. The summed E-state index contributed by atoms with van der Waals surface area (Å²) in [5.41, 5.74) is 12.3. The quantitative estimate of drug-likeness (QED) is 0.167. The molecular formula is C56H35NOS. The van der Waals surface area contributed by atoms with Crippen LogP contribution < -0.4 is 4.90 Å². The van der Waals surface area contributed by atoms with E-state index in [0.717, 1.165) is 28.2 Å². The molecule has 2 aromatic heterocycles. The first-order valence-electron chi connectivity index (χ1n) is 20.1. The number of hydrogen-bond acceptors (Lipinski definition) is 3. The van der Waals surface area contributed by atoms with Crippen molar-refractivity contribution in [3.05, 3.63) is 212 Å². The summed E-state index contributed by atoms with van der Waals surface area (Å²) in [6.45, 7) is 0. The van der Waals surface area contributed by atoms with E-state index in [4.69, 9.17) is 4.42 Å². The third-order valence-electron chi connectivity index (χ3n) is 11.9. The van der Waals surface area contributed by atoms with E-state index in [1.807, 2.05) is 11.3 Å². The van der Waals surface area contributed by atoms with Crippen molar-refractivity contribution in [2.45, 2.75) is 0 Å². The normalized spacial score (nSPS) is 11.7. The van der Waals surface area contributed by atoms with E-state index in [1.54, 1.807) is 0 Å². The van der Waals surface area contributed by atoms with Crippen molar-refractivity contribution in [1.29, 1.82) is 0 Å². The summed E-state index contributed by atoms with van der Waals surface area (Å²) < 4.78 is 9.09. The topological polar surface area (TPSA) is 16.4 Å². The maximum atomic E-state index is 6.52. The van der Waals surface area contributed by atoms with Crippen molar-refractivity contribution in [3.63, 3.8) is 0 Å². The van der Waals surface area contributed by atoms with Crippen molar-refractivity contribution in [3.8, 4) is 33.4 Å². The van der Waals surface area contributed by atoms with Crippen LogP contribution in [0.15, 0.2) is 217 Å². The van der Waals surface area contributed by atoms with Gasteiger partial charge in [-0.25, -0.2) is 0 Å². The molecule has 0 fully saturated rings. The molecule has 59 heavy (non-hydrogen) atoms. The molecule has 10 aromatic carbocycles. The van der Waals surface area contributed by atoms with Crippen LogP contribution >= 0.6 is 11.3 Å². The van der Waals surface area contributed by atoms with Gasteiger partial charge >= 0.3 is 0 Å². The van der Waals surface area contributed by atoms with Gasteiger partial charge in [0.1, 0.15) is 11.2 Å². The van der Waals surface area contributed by atoms with Gasteiger partial charge in [-0.3, -0.25) is 0 Å². The van der Waals surface area contributed by atoms with Crippen molar-refractivity contribution in [2.24, 2.45) is 0 Å². The van der Waals surface area contributed by atoms with Gasteiger partial charge in [0.05, 0.1) is 0 Å². The van der Waals surface area contributed by atoms with Crippen molar-refractivity contribution < 1.29 is 4.42 Å². The third kappa shape index (κ3) is 5.62. The first kappa shape index (κ1) is 33.7. The molecule has 0 aliphatic heterocycles. The molecule has 0 spiro atoms. The van der Waals surface area contributed by atoms with Crippen LogP contribution in [0.5, 0.6) is 0 Å². The number of thiophene rings is 1. The van der Waals surface area contributed by atoms with Gasteiger partial charge in [0.15, 0.2) is 0 Å². The van der Waals surface area contributed by atoms with Crippen LogP contribution in [0.1, 0.15) is 0 Å². The molecule has 12 aromatic rings. The molecule has 0 amide bonds. The summed E-state index contributed by atoms with van der Waals surface area (Å²) in [5.74, 6) is 0. The predicted octanol–water partition coefficient (Wildman–Crippen LogP) is 16.7. The molecule has 0 N–H and O–H groups in total. The minimum Gasteiger partial charge on any atom is -0.456 e. The fourth-order valence-electron chi connectivity index (χ4n) is 9.01. The molecule has 0 bridgehead atoms. The van der Waals surface area contributed by atoms with Gasteiger partial charge in [-0.1, -0.05) is 146 Å². The predicted molar refractivity (Wildman–Crippen MR) is 253 cm³/mol. The summed E-state index contributed by atoms with van der Waals surface area (Å²) in [7, 11) is 0. The Balaban J connectivity index is 0.966. The molecule has 0 saturated carbocycles. The highest BCUT2D eigenvalue weighted by molar-refractivity contribution is 7.26. The lowest BCUT2D eigenvalue weighted by molar-refractivity contribution is 0.669. The summed E-state index contributed by atoms with van der Waals surface area (Å²) >= 11 is 1.85. The van der Waals surface area contributed by atoms with E-state index in [0.29, 0.717) is 0 Å². The van der Waals surface area contributed by atoms with Gasteiger partial charge < -0.3 is 9.32 Å². The first-order valence-corrected chi connectivity index (χ1v) is 20.9. The van der Waals surface area contributed by atoms with Gasteiger partial charge in [0.25, 0.3) is 0 Å². The average molecular weight is 770 g/mol. The van der Waals surface area contributed by atoms with Crippen LogP contribution in [0.3, 0.4) is 0 Å². The standard InChI is InChI=1S/C56H35NOS/c1-2-10-36(11-3-1)37-22-27-43(28-23-37)57(44-29-24-39(25-30-44)47-16-8-13-38-12-4-5-14-46(38)47)45-31-26-40-34-42(21-20-41(40)35-45)48-17-9-18-51-54(48)55-52(58-51)33-32-50-49-15-6-7-19-53(49)59-56(50)55/h1-35H. The summed E-state index contributed by atoms with van der Waals surface area (Å²) in [6, 6.07) is 76.8. The number of anilines is 3. The van der Waals surface area contributed by atoms with Crippen molar-refractivity contribution in [1.82, 2.24) is 0 Å². The zero-order valence-corrected chi connectivity index (χ0v) is 32.8. The Kier molecular flexibility index (Phi) is 7.75. The lowest BCUT2D eigenvalue weighted by Gasteiger charge is -2.26. The van der Waals surface area contributed by atoms with E-state index in [9.17, 15) is 0 Å². The number of benzene rings is 10. The number of fused-ring (bicyclic) bond motifs is 9. The van der Waals surface area contributed by atoms with Crippen LogP contribution in [0, 0.1) is 0 Å². The van der Waals surface area contributed by atoms with Crippen LogP contribution in [0.4, 0.5) is 17.1 Å². The summed E-state index contributed by atoms with van der Waals surface area (Å²) in [5, 5.41) is 9.83. The molecule has 276 valence electrons. The molecule has 0 saturated heterocycles. The molecule has 12 rings (SSSR count). The number of nitrogens with zero attached hydrogens (tertiary/aromatic N) is 1. The second-order valence-electron chi connectivity index (χ2n) is 15.3. The van der Waals surface area contributed by atoms with Crippen molar-refractivity contribution in [2.75, 3.05) is 4.90 Å². The SMILES string of the molecule is c1ccc(-c2ccc(N(c3ccc(-c4cccc5ccccc45)cc3)c3ccc4cc(-c5cccc6oc7ccc8c9ccccc9sc8c7c56)ccc4c3)cc2)cc1. The largest absolute Gasteiger partial charge is 0.456 e. The van der Waals surface area contributed by atoms with E-state index >= 15 is 0 Å². The maximum absolute atomic E-state index is 6.52. The Morgan fingerprint density at radius 3 is 1.80 bits per heavy atom. The second kappa shape index (κ2) is 13.6. The molecule has 0 aliphatic carbocycles. The molecule has 0 aliphatic rings. The molecule has 0 unspecified atom stereocenters. The molecule has 2 heterocycles.